The van der Waals surface area contributed by atoms with Gasteiger partial charge in [0, 0.05) is 33.8 Å². The Kier molecular flexibility index (Phi) is 9.82. The van der Waals surface area contributed by atoms with Crippen molar-refractivity contribution in [3.05, 3.63) is 128 Å². The third-order valence-electron chi connectivity index (χ3n) is 5.37. The molecule has 0 aromatic heterocycles. The lowest BCUT2D eigenvalue weighted by Crippen LogP contribution is -2.24. The van der Waals surface area contributed by atoms with Crippen LogP contribution in [0.4, 0.5) is 5.69 Å². The number of nitrogens with one attached hydrogen (secondary N) is 1. The summed E-state index contributed by atoms with van der Waals surface area (Å²) in [5, 5.41) is 15.5. The third kappa shape index (κ3) is 8.37. The quantitative estimate of drug-likeness (QED) is 0.0774. The first-order chi connectivity index (χ1) is 20.2. The van der Waals surface area contributed by atoms with Crippen LogP contribution in [-0.2, 0) is 4.79 Å². The largest absolute Gasteiger partial charge is 0.484 e. The first-order valence-corrected chi connectivity index (χ1v) is 12.7. The van der Waals surface area contributed by atoms with E-state index in [0.29, 0.717) is 10.0 Å². The molecule has 0 aliphatic rings. The summed E-state index contributed by atoms with van der Waals surface area (Å²) in [5.74, 6) is -1.70. The molecule has 0 aliphatic carbocycles. The van der Waals surface area contributed by atoms with Crippen LogP contribution in [0, 0.1) is 10.1 Å². The first kappa shape index (κ1) is 29.7. The highest BCUT2D eigenvalue weighted by molar-refractivity contribution is 6.31. The minimum absolute atomic E-state index is 0.0171. The maximum absolute atomic E-state index is 12.8. The molecule has 4 rings (SSSR count). The summed E-state index contributed by atoms with van der Waals surface area (Å²) in [4.78, 5) is 47.7. The van der Waals surface area contributed by atoms with E-state index in [1.54, 1.807) is 12.1 Å². The molecular formula is C29H19Cl2N3O8. The Morgan fingerprint density at radius 3 is 1.90 bits per heavy atom. The summed E-state index contributed by atoms with van der Waals surface area (Å²) < 4.78 is 16.2. The van der Waals surface area contributed by atoms with Gasteiger partial charge in [-0.15, -0.1) is 0 Å². The summed E-state index contributed by atoms with van der Waals surface area (Å²) in [7, 11) is 0. The molecule has 1 amide bonds. The van der Waals surface area contributed by atoms with Crippen molar-refractivity contribution < 1.29 is 33.5 Å². The zero-order valence-corrected chi connectivity index (χ0v) is 22.9. The molecule has 0 fully saturated rings. The van der Waals surface area contributed by atoms with Crippen molar-refractivity contribution in [2.45, 2.75) is 0 Å². The zero-order valence-electron chi connectivity index (χ0n) is 21.4. The predicted molar refractivity (Wildman–Crippen MR) is 154 cm³/mol. The molecule has 0 spiro atoms. The van der Waals surface area contributed by atoms with Gasteiger partial charge in [0.1, 0.15) is 17.2 Å². The molecule has 1 N–H and O–H groups in total. The Labute approximate surface area is 248 Å². The number of hydrogen-bond donors (Lipinski definition) is 1. The first-order valence-electron chi connectivity index (χ1n) is 12.0. The summed E-state index contributed by atoms with van der Waals surface area (Å²) in [6.45, 7) is -0.423. The molecule has 0 aliphatic heterocycles. The number of ether oxygens (including phenoxy) is 3. The van der Waals surface area contributed by atoms with Crippen molar-refractivity contribution in [2.75, 3.05) is 6.61 Å². The average Bonchev–Trinajstić information content (AvgIpc) is 2.98. The standard InChI is InChI=1S/C29H19Cl2N3O8/c30-21-6-1-18(2-7-21)28(36)41-25-12-5-20(26(15-25)42-29(37)19-3-8-22(31)9-4-19)16-32-33-27(35)17-40-24-13-10-23(11-14-24)34(38)39/h1-16H,17H2,(H,33,35)/b32-16+. The van der Waals surface area contributed by atoms with Crippen LogP contribution in [-0.4, -0.2) is 35.6 Å². The minimum Gasteiger partial charge on any atom is -0.484 e. The molecule has 0 bridgehead atoms. The Morgan fingerprint density at radius 1 is 0.786 bits per heavy atom. The van der Waals surface area contributed by atoms with Crippen molar-refractivity contribution in [2.24, 2.45) is 5.10 Å². The predicted octanol–water partition coefficient (Wildman–Crippen LogP) is 5.87. The van der Waals surface area contributed by atoms with Gasteiger partial charge in [-0.3, -0.25) is 14.9 Å². The van der Waals surface area contributed by atoms with Gasteiger partial charge in [-0.1, -0.05) is 23.2 Å². The van der Waals surface area contributed by atoms with Gasteiger partial charge in [-0.05, 0) is 72.8 Å². The number of nitrogens with zero attached hydrogens (tertiary/aromatic N) is 2. The van der Waals surface area contributed by atoms with E-state index < -0.39 is 29.4 Å². The SMILES string of the molecule is O=C(COc1ccc([N+](=O)[O-])cc1)N/N=C/c1ccc(OC(=O)c2ccc(Cl)cc2)cc1OC(=O)c1ccc(Cl)cc1. The number of non-ortho nitro benzene ring substituents is 1. The fraction of sp³-hybridized carbons (Fsp3) is 0.0345. The maximum Gasteiger partial charge on any atom is 0.343 e. The third-order valence-corrected chi connectivity index (χ3v) is 5.87. The molecule has 0 saturated carbocycles. The number of nitro groups is 1. The lowest BCUT2D eigenvalue weighted by Gasteiger charge is -2.11. The summed E-state index contributed by atoms with van der Waals surface area (Å²) in [6, 6.07) is 21.6. The number of carbonyl (C=O) groups excluding carboxylic acids is 3. The van der Waals surface area contributed by atoms with Crippen LogP contribution in [0.5, 0.6) is 17.2 Å². The summed E-state index contributed by atoms with van der Waals surface area (Å²) in [6.07, 6.45) is 1.22. The van der Waals surface area contributed by atoms with Gasteiger partial charge in [0.2, 0.25) is 0 Å². The van der Waals surface area contributed by atoms with E-state index in [0.717, 1.165) is 0 Å². The Hall–Kier alpha value is -5.26. The molecule has 42 heavy (non-hydrogen) atoms. The van der Waals surface area contributed by atoms with Gasteiger partial charge < -0.3 is 14.2 Å². The average molecular weight is 608 g/mol. The Bertz CT molecular complexity index is 1640. The van der Waals surface area contributed by atoms with Crippen LogP contribution in [0.25, 0.3) is 0 Å². The minimum atomic E-state index is -0.719. The fourth-order valence-electron chi connectivity index (χ4n) is 3.29. The molecule has 4 aromatic carbocycles. The van der Waals surface area contributed by atoms with Gasteiger partial charge in [0.25, 0.3) is 11.6 Å². The van der Waals surface area contributed by atoms with Crippen LogP contribution in [0.2, 0.25) is 10.0 Å². The highest BCUT2D eigenvalue weighted by atomic mass is 35.5. The second kappa shape index (κ2) is 13.9. The van der Waals surface area contributed by atoms with E-state index in [1.807, 2.05) is 0 Å². The van der Waals surface area contributed by atoms with Gasteiger partial charge in [0.15, 0.2) is 6.61 Å². The second-order valence-corrected chi connectivity index (χ2v) is 9.20. The number of halogens is 2. The molecular weight excluding hydrogens is 589 g/mol. The molecule has 13 heteroatoms. The highest BCUT2D eigenvalue weighted by Gasteiger charge is 2.15. The van der Waals surface area contributed by atoms with Crippen molar-refractivity contribution in [1.29, 1.82) is 0 Å². The van der Waals surface area contributed by atoms with E-state index in [9.17, 15) is 24.5 Å². The van der Waals surface area contributed by atoms with Crippen molar-refractivity contribution in [3.63, 3.8) is 0 Å². The lowest BCUT2D eigenvalue weighted by atomic mass is 10.2. The second-order valence-electron chi connectivity index (χ2n) is 8.33. The van der Waals surface area contributed by atoms with Gasteiger partial charge >= 0.3 is 11.9 Å². The van der Waals surface area contributed by atoms with Gasteiger partial charge in [-0.25, -0.2) is 15.0 Å². The maximum atomic E-state index is 12.8. The summed E-state index contributed by atoms with van der Waals surface area (Å²) >= 11 is 11.8. The van der Waals surface area contributed by atoms with Crippen LogP contribution >= 0.6 is 23.2 Å². The molecule has 0 saturated heterocycles. The number of amides is 1. The van der Waals surface area contributed by atoms with Crippen molar-refractivity contribution in [3.8, 4) is 17.2 Å². The zero-order chi connectivity index (χ0) is 30.1. The topological polar surface area (TPSA) is 146 Å². The number of rotatable bonds is 10. The highest BCUT2D eigenvalue weighted by Crippen LogP contribution is 2.26. The van der Waals surface area contributed by atoms with Gasteiger partial charge in [0.05, 0.1) is 22.3 Å². The van der Waals surface area contributed by atoms with Crippen LogP contribution in [0.3, 0.4) is 0 Å². The molecule has 0 heterocycles. The van der Waals surface area contributed by atoms with Crippen molar-refractivity contribution in [1.82, 2.24) is 5.43 Å². The lowest BCUT2D eigenvalue weighted by molar-refractivity contribution is -0.384. The number of benzene rings is 4. The molecule has 212 valence electrons. The van der Waals surface area contributed by atoms with E-state index in [-0.39, 0.29) is 39.6 Å². The number of carbonyl (C=O) groups is 3. The van der Waals surface area contributed by atoms with E-state index in [2.05, 4.69) is 10.5 Å². The monoisotopic (exact) mass is 607 g/mol. The molecule has 0 atom stereocenters. The number of nitro benzene ring substituents is 1. The Morgan fingerprint density at radius 2 is 1.33 bits per heavy atom. The number of esters is 2. The fourth-order valence-corrected chi connectivity index (χ4v) is 3.54. The molecule has 0 radical (unpaired) electrons. The van der Waals surface area contributed by atoms with Crippen molar-refractivity contribution >= 4 is 52.9 Å². The van der Waals surface area contributed by atoms with Crippen LogP contribution in [0.15, 0.2) is 96.1 Å². The van der Waals surface area contributed by atoms with Crippen LogP contribution in [0.1, 0.15) is 26.3 Å². The Balaban J connectivity index is 1.46. The van der Waals surface area contributed by atoms with Crippen LogP contribution < -0.4 is 19.6 Å². The van der Waals surface area contributed by atoms with Gasteiger partial charge in [-0.2, -0.15) is 5.10 Å². The normalized spacial score (nSPS) is 10.6. The molecule has 0 unspecified atom stereocenters. The number of hydrazone groups is 1. The van der Waals surface area contributed by atoms with E-state index in [4.69, 9.17) is 37.4 Å². The number of hydrogen-bond acceptors (Lipinski definition) is 9. The van der Waals surface area contributed by atoms with E-state index in [1.165, 1.54) is 85.1 Å². The summed E-state index contributed by atoms with van der Waals surface area (Å²) in [5.41, 5.74) is 2.88. The van der Waals surface area contributed by atoms with E-state index >= 15 is 0 Å². The molecule has 4 aromatic rings. The smallest absolute Gasteiger partial charge is 0.343 e. The molecule has 11 nitrogen and oxygen atoms in total.